The van der Waals surface area contributed by atoms with Gasteiger partial charge in [0, 0.05) is 12.6 Å². The first-order valence-corrected chi connectivity index (χ1v) is 7.26. The zero-order valence-corrected chi connectivity index (χ0v) is 12.2. The maximum atomic E-state index is 11.6. The molecule has 0 aromatic rings. The normalized spacial score (nSPS) is 32.6. The van der Waals surface area contributed by atoms with Gasteiger partial charge in [-0.15, -0.1) is 0 Å². The molecule has 0 spiro atoms. The van der Waals surface area contributed by atoms with E-state index in [1.165, 1.54) is 32.8 Å². The number of carbonyl (C=O) groups is 1. The van der Waals surface area contributed by atoms with E-state index in [1.54, 1.807) is 0 Å². The van der Waals surface area contributed by atoms with Gasteiger partial charge in [0.25, 0.3) is 0 Å². The van der Waals surface area contributed by atoms with Gasteiger partial charge in [0.15, 0.2) is 0 Å². The molecule has 0 radical (unpaired) electrons. The molecule has 2 bridgehead atoms. The molecule has 104 valence electrons. The summed E-state index contributed by atoms with van der Waals surface area (Å²) in [6.07, 6.45) is 5.69. The topological polar surface area (TPSA) is 38.3 Å². The first-order valence-electron chi connectivity index (χ1n) is 7.26. The summed E-state index contributed by atoms with van der Waals surface area (Å²) in [4.78, 5) is 11.6. The lowest BCUT2D eigenvalue weighted by Gasteiger charge is -2.31. The third-order valence-electron chi connectivity index (χ3n) is 5.04. The van der Waals surface area contributed by atoms with E-state index in [0.29, 0.717) is 12.6 Å². The van der Waals surface area contributed by atoms with Crippen molar-refractivity contribution in [1.29, 1.82) is 0 Å². The Morgan fingerprint density at radius 2 is 2.11 bits per heavy atom. The molecular weight excluding hydrogens is 226 g/mol. The number of hydrogen-bond donors (Lipinski definition) is 1. The third-order valence-corrected chi connectivity index (χ3v) is 5.04. The Morgan fingerprint density at radius 3 is 2.61 bits per heavy atom. The van der Waals surface area contributed by atoms with Crippen molar-refractivity contribution >= 4 is 5.97 Å². The highest BCUT2D eigenvalue weighted by Gasteiger charge is 2.42. The van der Waals surface area contributed by atoms with Gasteiger partial charge < -0.3 is 10.1 Å². The van der Waals surface area contributed by atoms with E-state index in [1.807, 2.05) is 13.8 Å². The number of hydrogen-bond acceptors (Lipinski definition) is 3. The molecular formula is C15H27NO2. The second kappa shape index (κ2) is 5.20. The van der Waals surface area contributed by atoms with Gasteiger partial charge >= 0.3 is 5.97 Å². The summed E-state index contributed by atoms with van der Waals surface area (Å²) in [5, 5.41) is 3.56. The molecule has 2 aliphatic rings. The average molecular weight is 253 g/mol. The summed E-state index contributed by atoms with van der Waals surface area (Å²) in [7, 11) is 1.46. The lowest BCUT2D eigenvalue weighted by atomic mass is 9.83. The van der Waals surface area contributed by atoms with Crippen LogP contribution in [0.5, 0.6) is 0 Å². The minimum Gasteiger partial charge on any atom is -0.469 e. The summed E-state index contributed by atoms with van der Waals surface area (Å²) in [6.45, 7) is 6.87. The summed E-state index contributed by atoms with van der Waals surface area (Å²) in [5.41, 5.74) is -0.430. The molecule has 4 atom stereocenters. The predicted octanol–water partition coefficient (Wildman–Crippen LogP) is 2.60. The van der Waals surface area contributed by atoms with Crippen LogP contribution in [0.2, 0.25) is 0 Å². The van der Waals surface area contributed by atoms with Crippen molar-refractivity contribution in [2.24, 2.45) is 23.2 Å². The van der Waals surface area contributed by atoms with Crippen LogP contribution in [0.15, 0.2) is 0 Å². The number of esters is 1. The minimum absolute atomic E-state index is 0.129. The Kier molecular flexibility index (Phi) is 4.00. The van der Waals surface area contributed by atoms with E-state index in [2.05, 4.69) is 12.2 Å². The predicted molar refractivity (Wildman–Crippen MR) is 72.2 cm³/mol. The molecule has 0 amide bonds. The molecule has 0 aromatic carbocycles. The molecule has 0 aromatic heterocycles. The van der Waals surface area contributed by atoms with E-state index in [9.17, 15) is 4.79 Å². The molecule has 2 fully saturated rings. The van der Waals surface area contributed by atoms with Crippen LogP contribution < -0.4 is 5.32 Å². The standard InChI is InChI=1S/C15H27NO2/c1-10(13-8-11-5-6-12(13)7-11)16-9-15(2,3)14(17)18-4/h10-13,16H,5-9H2,1-4H3. The summed E-state index contributed by atoms with van der Waals surface area (Å²) in [5.74, 6) is 2.60. The Bertz CT molecular complexity index is 314. The van der Waals surface area contributed by atoms with Crippen LogP contribution >= 0.6 is 0 Å². The molecule has 4 unspecified atom stereocenters. The maximum Gasteiger partial charge on any atom is 0.312 e. The van der Waals surface area contributed by atoms with Gasteiger partial charge in [-0.2, -0.15) is 0 Å². The Morgan fingerprint density at radius 1 is 1.39 bits per heavy atom. The van der Waals surface area contributed by atoms with E-state index in [-0.39, 0.29) is 5.97 Å². The van der Waals surface area contributed by atoms with Crippen molar-refractivity contribution in [3.05, 3.63) is 0 Å². The number of methoxy groups -OCH3 is 1. The number of rotatable bonds is 5. The fourth-order valence-corrected chi connectivity index (χ4v) is 3.82. The summed E-state index contributed by atoms with van der Waals surface area (Å²) in [6, 6.07) is 0.518. The first-order chi connectivity index (χ1) is 8.44. The van der Waals surface area contributed by atoms with Crippen LogP contribution in [0, 0.1) is 23.2 Å². The quantitative estimate of drug-likeness (QED) is 0.765. The van der Waals surface area contributed by atoms with Crippen LogP contribution in [0.1, 0.15) is 46.5 Å². The first kappa shape index (κ1) is 13.9. The smallest absolute Gasteiger partial charge is 0.312 e. The Hall–Kier alpha value is -0.570. The fraction of sp³-hybridized carbons (Fsp3) is 0.933. The molecule has 0 aliphatic heterocycles. The minimum atomic E-state index is -0.430. The SMILES string of the molecule is COC(=O)C(C)(C)CNC(C)C1CC2CCC1C2. The second-order valence-electron chi connectivity index (χ2n) is 6.88. The van der Waals surface area contributed by atoms with E-state index in [4.69, 9.17) is 4.74 Å². The van der Waals surface area contributed by atoms with Crippen LogP contribution in [-0.4, -0.2) is 25.7 Å². The molecule has 2 aliphatic carbocycles. The van der Waals surface area contributed by atoms with Gasteiger partial charge in [-0.05, 0) is 57.8 Å². The van der Waals surface area contributed by atoms with Gasteiger partial charge in [0.05, 0.1) is 12.5 Å². The van der Waals surface area contributed by atoms with Crippen molar-refractivity contribution in [1.82, 2.24) is 5.32 Å². The van der Waals surface area contributed by atoms with E-state index >= 15 is 0 Å². The third kappa shape index (κ3) is 2.71. The zero-order valence-electron chi connectivity index (χ0n) is 12.2. The lowest BCUT2D eigenvalue weighted by Crippen LogP contribution is -2.44. The van der Waals surface area contributed by atoms with Gasteiger partial charge in [-0.3, -0.25) is 4.79 Å². The van der Waals surface area contributed by atoms with Crippen LogP contribution in [0.25, 0.3) is 0 Å². The highest BCUT2D eigenvalue weighted by atomic mass is 16.5. The van der Waals surface area contributed by atoms with Gasteiger partial charge in [0.1, 0.15) is 0 Å². The monoisotopic (exact) mass is 253 g/mol. The average Bonchev–Trinajstić information content (AvgIpc) is 2.97. The van der Waals surface area contributed by atoms with Gasteiger partial charge in [-0.25, -0.2) is 0 Å². The van der Waals surface area contributed by atoms with Crippen LogP contribution in [-0.2, 0) is 9.53 Å². The van der Waals surface area contributed by atoms with Crippen molar-refractivity contribution in [2.75, 3.05) is 13.7 Å². The number of fused-ring (bicyclic) bond motifs is 2. The Balaban J connectivity index is 1.81. The molecule has 3 nitrogen and oxygen atoms in total. The molecule has 2 saturated carbocycles. The summed E-state index contributed by atoms with van der Waals surface area (Å²) < 4.78 is 4.84. The highest BCUT2D eigenvalue weighted by molar-refractivity contribution is 5.76. The second-order valence-corrected chi connectivity index (χ2v) is 6.88. The summed E-state index contributed by atoms with van der Waals surface area (Å²) >= 11 is 0. The molecule has 0 heterocycles. The zero-order chi connectivity index (χ0) is 13.3. The van der Waals surface area contributed by atoms with Crippen molar-refractivity contribution in [3.8, 4) is 0 Å². The Labute approximate surface area is 111 Å². The van der Waals surface area contributed by atoms with Crippen LogP contribution in [0.3, 0.4) is 0 Å². The van der Waals surface area contributed by atoms with Crippen molar-refractivity contribution < 1.29 is 9.53 Å². The number of nitrogens with one attached hydrogen (secondary N) is 1. The maximum absolute atomic E-state index is 11.6. The van der Waals surface area contributed by atoms with Gasteiger partial charge in [0.2, 0.25) is 0 Å². The van der Waals surface area contributed by atoms with E-state index < -0.39 is 5.41 Å². The molecule has 1 N–H and O–H groups in total. The molecule has 2 rings (SSSR count). The fourth-order valence-electron chi connectivity index (χ4n) is 3.82. The number of ether oxygens (including phenoxy) is 1. The molecule has 3 heteroatoms. The molecule has 0 saturated heterocycles. The number of carbonyl (C=O) groups excluding carboxylic acids is 1. The lowest BCUT2D eigenvalue weighted by molar-refractivity contribution is -0.150. The van der Waals surface area contributed by atoms with Gasteiger partial charge in [-0.1, -0.05) is 6.42 Å². The molecule has 18 heavy (non-hydrogen) atoms. The van der Waals surface area contributed by atoms with Crippen molar-refractivity contribution in [3.63, 3.8) is 0 Å². The largest absolute Gasteiger partial charge is 0.469 e. The van der Waals surface area contributed by atoms with E-state index in [0.717, 1.165) is 17.8 Å². The van der Waals surface area contributed by atoms with Crippen LogP contribution in [0.4, 0.5) is 0 Å². The van der Waals surface area contributed by atoms with Crippen molar-refractivity contribution in [2.45, 2.75) is 52.5 Å². The highest BCUT2D eigenvalue weighted by Crippen LogP contribution is 2.49.